The molecule has 0 spiro atoms. The van der Waals surface area contributed by atoms with Gasteiger partial charge in [-0.15, -0.1) is 0 Å². The number of carboxylic acids is 1. The maximum Gasteiger partial charge on any atom is 1.00 e. The van der Waals surface area contributed by atoms with Crippen molar-refractivity contribution < 1.29 is 66.4 Å². The van der Waals surface area contributed by atoms with Crippen molar-refractivity contribution in [1.82, 2.24) is 0 Å². The number of carbonyl (C=O) groups is 1. The predicted molar refractivity (Wildman–Crippen MR) is 85.8 cm³/mol. The van der Waals surface area contributed by atoms with Crippen LogP contribution in [-0.2, 0) is 4.79 Å². The van der Waals surface area contributed by atoms with E-state index in [0.717, 1.165) is 57.8 Å². The first-order valence-corrected chi connectivity index (χ1v) is 8.69. The molecule has 1 N–H and O–H groups in total. The molecule has 0 amide bonds. The predicted octanol–water partition coefficient (Wildman–Crippen LogP) is 0.749. The van der Waals surface area contributed by atoms with Crippen LogP contribution in [0.15, 0.2) is 12.2 Å². The molecule has 0 bridgehead atoms. The molecule has 0 saturated carbocycles. The average Bonchev–Trinajstić information content (AvgIpc) is 2.45. The molecule has 0 aromatic rings. The van der Waals surface area contributed by atoms with Gasteiger partial charge in [0.05, 0.1) is 6.10 Å². The Hall–Kier alpha value is 0.806. The van der Waals surface area contributed by atoms with Crippen LogP contribution in [0.2, 0.25) is 0 Å². The summed E-state index contributed by atoms with van der Waals surface area (Å²) < 4.78 is 0. The first-order valence-electron chi connectivity index (χ1n) is 8.69. The fourth-order valence-electron chi connectivity index (χ4n) is 2.36. The summed E-state index contributed by atoms with van der Waals surface area (Å²) in [5, 5.41) is 20.0. The van der Waals surface area contributed by atoms with Crippen molar-refractivity contribution >= 4 is 5.97 Å². The second kappa shape index (κ2) is 19.9. The van der Waals surface area contributed by atoms with Crippen molar-refractivity contribution in [3.05, 3.63) is 12.2 Å². The number of hydrogen-bond donors (Lipinski definition) is 1. The minimum atomic E-state index is -0.939. The Morgan fingerprint density at radius 2 is 1.64 bits per heavy atom. The molecule has 0 aliphatic carbocycles. The SMILES string of the molecule is CCCCCC[C@@H](O)C/C=C/CCCCCCCC(=O)[O-].[K+]. The molecular formula is C18H33KO3. The Balaban J connectivity index is 0. The van der Waals surface area contributed by atoms with E-state index in [1.807, 2.05) is 0 Å². The molecule has 4 heteroatoms. The fraction of sp³-hybridized carbons (Fsp3) is 0.833. The number of carboxylic acid groups (broad SMARTS) is 1. The number of carbonyl (C=O) groups excluding carboxylic acids is 1. The molecule has 0 aromatic carbocycles. The molecule has 0 rings (SSSR count). The Morgan fingerprint density at radius 3 is 2.32 bits per heavy atom. The van der Waals surface area contributed by atoms with Gasteiger partial charge >= 0.3 is 51.4 Å². The summed E-state index contributed by atoms with van der Waals surface area (Å²) in [5.74, 6) is -0.939. The molecule has 0 unspecified atom stereocenters. The van der Waals surface area contributed by atoms with Crippen LogP contribution in [0.4, 0.5) is 0 Å². The van der Waals surface area contributed by atoms with Gasteiger partial charge in [0.2, 0.25) is 0 Å². The summed E-state index contributed by atoms with van der Waals surface area (Å²) in [6.07, 6.45) is 17.0. The zero-order valence-corrected chi connectivity index (χ0v) is 17.8. The van der Waals surface area contributed by atoms with E-state index in [0.29, 0.717) is 0 Å². The number of hydrogen-bond acceptors (Lipinski definition) is 3. The van der Waals surface area contributed by atoms with Gasteiger partial charge in [-0.3, -0.25) is 0 Å². The normalized spacial score (nSPS) is 12.3. The van der Waals surface area contributed by atoms with Crippen molar-refractivity contribution in [3.63, 3.8) is 0 Å². The number of rotatable bonds is 15. The van der Waals surface area contributed by atoms with E-state index in [1.54, 1.807) is 0 Å². The smallest absolute Gasteiger partial charge is 0.550 e. The molecule has 0 heterocycles. The average molecular weight is 337 g/mol. The molecule has 0 aliphatic heterocycles. The molecule has 0 saturated heterocycles. The van der Waals surface area contributed by atoms with Crippen molar-refractivity contribution in [2.75, 3.05) is 0 Å². The Labute approximate surface area is 179 Å². The van der Waals surface area contributed by atoms with Gasteiger partial charge in [0.25, 0.3) is 0 Å². The van der Waals surface area contributed by atoms with Crippen LogP contribution in [0.1, 0.15) is 90.4 Å². The van der Waals surface area contributed by atoms with E-state index in [-0.39, 0.29) is 63.9 Å². The van der Waals surface area contributed by atoms with Gasteiger partial charge in [-0.05, 0) is 38.5 Å². The number of allylic oxidation sites excluding steroid dienone is 1. The van der Waals surface area contributed by atoms with Gasteiger partial charge in [0, 0.05) is 5.97 Å². The third-order valence-electron chi connectivity index (χ3n) is 3.72. The zero-order chi connectivity index (χ0) is 15.8. The van der Waals surface area contributed by atoms with Crippen molar-refractivity contribution in [1.29, 1.82) is 0 Å². The summed E-state index contributed by atoms with van der Waals surface area (Å²) in [5.41, 5.74) is 0. The number of aliphatic carboxylic acids is 1. The van der Waals surface area contributed by atoms with Crippen molar-refractivity contribution in [2.45, 2.75) is 96.5 Å². The van der Waals surface area contributed by atoms with Crippen LogP contribution in [0, 0.1) is 0 Å². The van der Waals surface area contributed by atoms with Gasteiger partial charge in [0.15, 0.2) is 0 Å². The second-order valence-electron chi connectivity index (χ2n) is 5.89. The molecule has 124 valence electrons. The van der Waals surface area contributed by atoms with Gasteiger partial charge < -0.3 is 15.0 Å². The molecule has 0 aromatic heterocycles. The van der Waals surface area contributed by atoms with Crippen molar-refractivity contribution in [3.8, 4) is 0 Å². The zero-order valence-electron chi connectivity index (χ0n) is 14.7. The van der Waals surface area contributed by atoms with E-state index < -0.39 is 5.97 Å². The molecule has 3 nitrogen and oxygen atoms in total. The number of unbranched alkanes of at least 4 members (excludes halogenated alkanes) is 8. The van der Waals surface area contributed by atoms with Gasteiger partial charge in [-0.25, -0.2) is 0 Å². The Morgan fingerprint density at radius 1 is 1.00 bits per heavy atom. The maximum absolute atomic E-state index is 10.2. The standard InChI is InChI=1S/C18H34O3.K/c1-2-3-4-11-14-17(19)15-12-9-7-5-6-8-10-13-16-18(20)21;/h9,12,17,19H,2-8,10-11,13-16H2,1H3,(H,20,21);/q;+1/p-1/b12-9+;/t17-;/m1./s1. The molecular weight excluding hydrogens is 303 g/mol. The van der Waals surface area contributed by atoms with Crippen LogP contribution < -0.4 is 56.5 Å². The molecule has 0 aliphatic rings. The van der Waals surface area contributed by atoms with Gasteiger partial charge in [-0.2, -0.15) is 0 Å². The second-order valence-corrected chi connectivity index (χ2v) is 5.89. The quantitative estimate of drug-likeness (QED) is 0.273. The third-order valence-corrected chi connectivity index (χ3v) is 3.72. The number of aliphatic hydroxyl groups excluding tert-OH is 1. The van der Waals surface area contributed by atoms with Crippen LogP contribution >= 0.6 is 0 Å². The van der Waals surface area contributed by atoms with E-state index in [9.17, 15) is 15.0 Å². The third kappa shape index (κ3) is 20.8. The fourth-order valence-corrected chi connectivity index (χ4v) is 2.36. The summed E-state index contributed by atoms with van der Waals surface area (Å²) in [4.78, 5) is 10.2. The van der Waals surface area contributed by atoms with Crippen LogP contribution in [-0.4, -0.2) is 17.2 Å². The summed E-state index contributed by atoms with van der Waals surface area (Å²) in [7, 11) is 0. The van der Waals surface area contributed by atoms with E-state index in [1.165, 1.54) is 19.3 Å². The van der Waals surface area contributed by atoms with Crippen LogP contribution in [0.25, 0.3) is 0 Å². The summed E-state index contributed by atoms with van der Waals surface area (Å²) >= 11 is 0. The first kappa shape index (κ1) is 25.1. The topological polar surface area (TPSA) is 60.4 Å². The maximum atomic E-state index is 10.2. The van der Waals surface area contributed by atoms with Gasteiger partial charge in [0.1, 0.15) is 0 Å². The van der Waals surface area contributed by atoms with E-state index in [2.05, 4.69) is 19.1 Å². The molecule has 0 radical (unpaired) electrons. The van der Waals surface area contributed by atoms with Crippen LogP contribution in [0.5, 0.6) is 0 Å². The first-order chi connectivity index (χ1) is 10.2. The Bertz CT molecular complexity index is 267. The molecule has 1 atom stereocenters. The van der Waals surface area contributed by atoms with E-state index >= 15 is 0 Å². The monoisotopic (exact) mass is 336 g/mol. The number of aliphatic hydroxyl groups is 1. The van der Waals surface area contributed by atoms with Crippen LogP contribution in [0.3, 0.4) is 0 Å². The largest absolute Gasteiger partial charge is 1.00 e. The summed E-state index contributed by atoms with van der Waals surface area (Å²) in [6.45, 7) is 2.20. The van der Waals surface area contributed by atoms with Gasteiger partial charge in [-0.1, -0.05) is 64.0 Å². The van der Waals surface area contributed by atoms with Crippen molar-refractivity contribution in [2.24, 2.45) is 0 Å². The molecule has 0 fully saturated rings. The van der Waals surface area contributed by atoms with E-state index in [4.69, 9.17) is 0 Å². The molecule has 22 heavy (non-hydrogen) atoms. The Kier molecular flexibility index (Phi) is 22.6. The summed E-state index contributed by atoms with van der Waals surface area (Å²) in [6, 6.07) is 0. The minimum absolute atomic E-state index is 0. The minimum Gasteiger partial charge on any atom is -0.550 e.